The molecular weight excluding hydrogens is 332 g/mol. The van der Waals surface area contributed by atoms with E-state index in [1.807, 2.05) is 18.2 Å². The van der Waals surface area contributed by atoms with Gasteiger partial charge in [0, 0.05) is 25.3 Å². The molecule has 3 rings (SSSR count). The third-order valence-corrected chi connectivity index (χ3v) is 4.86. The number of aromatic amines is 1. The second-order valence-electron chi connectivity index (χ2n) is 7.00. The first-order valence-electron chi connectivity index (χ1n) is 8.85. The fourth-order valence-corrected chi connectivity index (χ4v) is 3.10. The molecule has 0 saturated carbocycles. The van der Waals surface area contributed by atoms with E-state index in [0.717, 1.165) is 41.7 Å². The molecule has 26 heavy (non-hydrogen) atoms. The number of benzene rings is 1. The van der Waals surface area contributed by atoms with E-state index in [-0.39, 0.29) is 5.69 Å². The Bertz CT molecular complexity index is 876. The Morgan fingerprint density at radius 1 is 1.23 bits per heavy atom. The molecule has 0 atom stereocenters. The van der Waals surface area contributed by atoms with Crippen molar-refractivity contribution < 1.29 is 4.79 Å². The van der Waals surface area contributed by atoms with Gasteiger partial charge in [-0.3, -0.25) is 19.1 Å². The summed E-state index contributed by atoms with van der Waals surface area (Å²) in [6, 6.07) is 8.77. The van der Waals surface area contributed by atoms with Crippen molar-refractivity contribution in [2.24, 2.45) is 13.0 Å². The third kappa shape index (κ3) is 4.29. The molecule has 0 spiro atoms. The first kappa shape index (κ1) is 18.1. The molecule has 2 aromatic rings. The van der Waals surface area contributed by atoms with Crippen LogP contribution >= 0.6 is 0 Å². The van der Waals surface area contributed by atoms with Crippen LogP contribution in [0.3, 0.4) is 0 Å². The molecule has 0 unspecified atom stereocenters. The second-order valence-corrected chi connectivity index (χ2v) is 7.00. The van der Waals surface area contributed by atoms with Crippen LogP contribution in [0, 0.1) is 5.92 Å². The summed E-state index contributed by atoms with van der Waals surface area (Å²) in [5.74, 6) is 0.279. The summed E-state index contributed by atoms with van der Waals surface area (Å²) >= 11 is 0. The Hall–Kier alpha value is -2.67. The van der Waals surface area contributed by atoms with Crippen LogP contribution in [0.4, 0.5) is 5.69 Å². The van der Waals surface area contributed by atoms with Crippen molar-refractivity contribution in [2.45, 2.75) is 26.3 Å². The molecule has 1 aromatic heterocycles. The predicted octanol–water partition coefficient (Wildman–Crippen LogP) is 1.56. The van der Waals surface area contributed by atoms with Gasteiger partial charge in [-0.25, -0.2) is 4.79 Å². The van der Waals surface area contributed by atoms with Crippen LogP contribution in [0.5, 0.6) is 0 Å². The van der Waals surface area contributed by atoms with E-state index in [1.54, 1.807) is 6.07 Å². The Morgan fingerprint density at radius 3 is 2.65 bits per heavy atom. The molecular formula is C19H24N4O3. The van der Waals surface area contributed by atoms with Crippen LogP contribution in [0.1, 0.15) is 35.8 Å². The van der Waals surface area contributed by atoms with Gasteiger partial charge in [0.15, 0.2) is 0 Å². The largest absolute Gasteiger partial charge is 0.328 e. The molecule has 1 amide bonds. The summed E-state index contributed by atoms with van der Waals surface area (Å²) in [6.45, 7) is 5.31. The zero-order valence-electron chi connectivity index (χ0n) is 15.1. The summed E-state index contributed by atoms with van der Waals surface area (Å²) in [5, 5.41) is 2.74. The quantitative estimate of drug-likeness (QED) is 0.870. The maximum atomic E-state index is 12.3. The van der Waals surface area contributed by atoms with E-state index in [9.17, 15) is 14.4 Å². The number of amides is 1. The van der Waals surface area contributed by atoms with E-state index in [2.05, 4.69) is 22.1 Å². The fraction of sp³-hybridized carbons (Fsp3) is 0.421. The number of hydrogen-bond acceptors (Lipinski definition) is 4. The highest BCUT2D eigenvalue weighted by atomic mass is 16.2. The lowest BCUT2D eigenvalue weighted by molar-refractivity contribution is 0.102. The van der Waals surface area contributed by atoms with Gasteiger partial charge in [-0.2, -0.15) is 0 Å². The lowest BCUT2D eigenvalue weighted by Crippen LogP contribution is -2.34. The molecule has 1 aliphatic rings. The Labute approximate surface area is 151 Å². The summed E-state index contributed by atoms with van der Waals surface area (Å²) in [4.78, 5) is 40.5. The number of hydrogen-bond donors (Lipinski definition) is 2. The minimum atomic E-state index is -0.615. The van der Waals surface area contributed by atoms with Gasteiger partial charge in [0.2, 0.25) is 0 Å². The van der Waals surface area contributed by atoms with E-state index < -0.39 is 17.2 Å². The Morgan fingerprint density at radius 2 is 1.96 bits per heavy atom. The highest BCUT2D eigenvalue weighted by molar-refractivity contribution is 6.02. The highest BCUT2D eigenvalue weighted by Gasteiger charge is 2.16. The molecule has 7 nitrogen and oxygen atoms in total. The lowest BCUT2D eigenvalue weighted by Gasteiger charge is -2.30. The van der Waals surface area contributed by atoms with Gasteiger partial charge in [-0.1, -0.05) is 19.1 Å². The third-order valence-electron chi connectivity index (χ3n) is 4.86. The number of carbonyl (C=O) groups is 1. The van der Waals surface area contributed by atoms with Crippen LogP contribution in [-0.4, -0.2) is 33.4 Å². The standard InChI is InChI=1S/C19H24N4O3/c1-13-6-8-23(9-7-13)12-14-4-3-5-15(10-14)20-18(25)16-11-17(24)22(2)19(26)21-16/h3-5,10-11,13H,6-9,12H2,1-2H3,(H,20,25)(H,21,26). The van der Waals surface area contributed by atoms with E-state index in [0.29, 0.717) is 5.69 Å². The van der Waals surface area contributed by atoms with Crippen molar-refractivity contribution in [2.75, 3.05) is 18.4 Å². The topological polar surface area (TPSA) is 87.2 Å². The number of carbonyl (C=O) groups excluding carboxylic acids is 1. The van der Waals surface area contributed by atoms with E-state index in [1.165, 1.54) is 19.9 Å². The number of H-pyrrole nitrogens is 1. The fourth-order valence-electron chi connectivity index (χ4n) is 3.10. The van der Waals surface area contributed by atoms with Crippen molar-refractivity contribution >= 4 is 11.6 Å². The lowest BCUT2D eigenvalue weighted by atomic mass is 9.99. The molecule has 7 heteroatoms. The Kier molecular flexibility index (Phi) is 5.37. The monoisotopic (exact) mass is 356 g/mol. The average Bonchev–Trinajstić information content (AvgIpc) is 2.61. The smallest absolute Gasteiger partial charge is 0.321 e. The van der Waals surface area contributed by atoms with Gasteiger partial charge in [0.1, 0.15) is 5.69 Å². The molecule has 1 fully saturated rings. The van der Waals surface area contributed by atoms with Crippen molar-refractivity contribution in [1.82, 2.24) is 14.5 Å². The first-order valence-corrected chi connectivity index (χ1v) is 8.85. The predicted molar refractivity (Wildman–Crippen MR) is 100 cm³/mol. The molecule has 1 aliphatic heterocycles. The van der Waals surface area contributed by atoms with Crippen molar-refractivity contribution in [3.63, 3.8) is 0 Å². The minimum Gasteiger partial charge on any atom is -0.321 e. The van der Waals surface area contributed by atoms with Gasteiger partial charge in [0.05, 0.1) is 0 Å². The number of likely N-dealkylation sites (tertiary alicyclic amines) is 1. The highest BCUT2D eigenvalue weighted by Crippen LogP contribution is 2.19. The van der Waals surface area contributed by atoms with Gasteiger partial charge < -0.3 is 10.3 Å². The molecule has 0 aliphatic carbocycles. The van der Waals surface area contributed by atoms with Crippen LogP contribution in [0.25, 0.3) is 0 Å². The SMILES string of the molecule is CC1CCN(Cc2cccc(NC(=O)c3cc(=O)n(C)c(=O)[nH]3)c2)CC1. The van der Waals surface area contributed by atoms with E-state index >= 15 is 0 Å². The van der Waals surface area contributed by atoms with Crippen LogP contribution < -0.4 is 16.6 Å². The molecule has 138 valence electrons. The number of nitrogens with one attached hydrogen (secondary N) is 2. The molecule has 2 heterocycles. The average molecular weight is 356 g/mol. The van der Waals surface area contributed by atoms with Crippen molar-refractivity contribution in [1.29, 1.82) is 0 Å². The maximum Gasteiger partial charge on any atom is 0.328 e. The Balaban J connectivity index is 1.69. The summed E-state index contributed by atoms with van der Waals surface area (Å²) in [6.07, 6.45) is 2.43. The second kappa shape index (κ2) is 7.70. The van der Waals surface area contributed by atoms with Gasteiger partial charge in [0.25, 0.3) is 11.5 Å². The van der Waals surface area contributed by atoms with Crippen molar-refractivity contribution in [3.05, 3.63) is 62.4 Å². The van der Waals surface area contributed by atoms with Crippen LogP contribution in [0.2, 0.25) is 0 Å². The summed E-state index contributed by atoms with van der Waals surface area (Å²) in [5.41, 5.74) is 0.574. The number of aromatic nitrogens is 2. The van der Waals surface area contributed by atoms with Gasteiger partial charge in [-0.05, 0) is 49.5 Å². The molecule has 0 radical (unpaired) electrons. The molecule has 2 N–H and O–H groups in total. The normalized spacial score (nSPS) is 15.8. The molecule has 0 bridgehead atoms. The summed E-state index contributed by atoms with van der Waals surface area (Å²) in [7, 11) is 1.35. The zero-order valence-corrected chi connectivity index (χ0v) is 15.1. The van der Waals surface area contributed by atoms with Crippen molar-refractivity contribution in [3.8, 4) is 0 Å². The summed E-state index contributed by atoms with van der Waals surface area (Å²) < 4.78 is 0.914. The van der Waals surface area contributed by atoms with Gasteiger partial charge >= 0.3 is 5.69 Å². The van der Waals surface area contributed by atoms with E-state index in [4.69, 9.17) is 0 Å². The first-order chi connectivity index (χ1) is 12.4. The number of piperidine rings is 1. The minimum absolute atomic E-state index is 0.0477. The molecule has 1 aromatic carbocycles. The van der Waals surface area contributed by atoms with Crippen LogP contribution in [-0.2, 0) is 13.6 Å². The zero-order chi connectivity index (χ0) is 18.7. The van der Waals surface area contributed by atoms with Crippen LogP contribution in [0.15, 0.2) is 39.9 Å². The maximum absolute atomic E-state index is 12.3. The number of nitrogens with zero attached hydrogens (tertiary/aromatic N) is 2. The molecule has 1 saturated heterocycles. The number of anilines is 1. The van der Waals surface area contributed by atoms with Gasteiger partial charge in [-0.15, -0.1) is 0 Å². The number of rotatable bonds is 4.